The first-order chi connectivity index (χ1) is 3.81. The molecule has 48 valence electrons. The highest BCUT2D eigenvalue weighted by Crippen LogP contribution is 1.93. The van der Waals surface area contributed by atoms with Gasteiger partial charge in [0.25, 0.3) is 0 Å². The molecule has 0 rings (SSSR count). The first kappa shape index (κ1) is 7.50. The first-order valence-corrected chi connectivity index (χ1v) is 2.92. The van der Waals surface area contributed by atoms with E-state index in [1.807, 2.05) is 13.0 Å². The SMILES string of the molecule is C/C=C(/N)CCCN. The van der Waals surface area contributed by atoms with Gasteiger partial charge in [0, 0.05) is 5.70 Å². The van der Waals surface area contributed by atoms with E-state index < -0.39 is 0 Å². The van der Waals surface area contributed by atoms with Crippen LogP contribution in [0.5, 0.6) is 0 Å². The molecular weight excluding hydrogens is 100 g/mol. The molecule has 2 heteroatoms. The minimum atomic E-state index is 0.731. The van der Waals surface area contributed by atoms with E-state index in [0.29, 0.717) is 0 Å². The molecule has 0 aromatic heterocycles. The van der Waals surface area contributed by atoms with Gasteiger partial charge in [0.05, 0.1) is 0 Å². The fraction of sp³-hybridized carbons (Fsp3) is 0.667. The van der Waals surface area contributed by atoms with Crippen molar-refractivity contribution in [2.75, 3.05) is 6.54 Å². The molecule has 0 amide bonds. The molecule has 0 aliphatic carbocycles. The van der Waals surface area contributed by atoms with Crippen LogP contribution in [0, 0.1) is 0 Å². The summed E-state index contributed by atoms with van der Waals surface area (Å²) in [5.74, 6) is 0. The van der Waals surface area contributed by atoms with E-state index in [9.17, 15) is 0 Å². The topological polar surface area (TPSA) is 52.0 Å². The van der Waals surface area contributed by atoms with E-state index in [1.54, 1.807) is 0 Å². The Hall–Kier alpha value is -0.500. The summed E-state index contributed by atoms with van der Waals surface area (Å²) in [6, 6.07) is 0. The van der Waals surface area contributed by atoms with Crippen molar-refractivity contribution >= 4 is 0 Å². The first-order valence-electron chi connectivity index (χ1n) is 2.92. The summed E-state index contributed by atoms with van der Waals surface area (Å²) in [7, 11) is 0. The largest absolute Gasteiger partial charge is 0.402 e. The fourth-order valence-electron chi connectivity index (χ4n) is 0.451. The van der Waals surface area contributed by atoms with E-state index in [1.165, 1.54) is 0 Å². The van der Waals surface area contributed by atoms with Crippen molar-refractivity contribution in [1.29, 1.82) is 0 Å². The quantitative estimate of drug-likeness (QED) is 0.564. The maximum atomic E-state index is 5.46. The molecule has 0 aromatic rings. The highest BCUT2D eigenvalue weighted by atomic mass is 14.6. The predicted molar refractivity (Wildman–Crippen MR) is 36.2 cm³/mol. The summed E-state index contributed by atoms with van der Waals surface area (Å²) in [5.41, 5.74) is 11.7. The van der Waals surface area contributed by atoms with Gasteiger partial charge in [-0.2, -0.15) is 0 Å². The summed E-state index contributed by atoms with van der Waals surface area (Å²) in [5, 5.41) is 0. The van der Waals surface area contributed by atoms with Gasteiger partial charge < -0.3 is 11.5 Å². The van der Waals surface area contributed by atoms with Gasteiger partial charge in [-0.25, -0.2) is 0 Å². The van der Waals surface area contributed by atoms with E-state index >= 15 is 0 Å². The number of allylic oxidation sites excluding steroid dienone is 2. The number of nitrogens with two attached hydrogens (primary N) is 2. The molecule has 8 heavy (non-hydrogen) atoms. The zero-order chi connectivity index (χ0) is 6.41. The van der Waals surface area contributed by atoms with Crippen LogP contribution in [0.3, 0.4) is 0 Å². The molecule has 0 fully saturated rings. The highest BCUT2D eigenvalue weighted by molar-refractivity contribution is 4.92. The summed E-state index contributed by atoms with van der Waals surface area (Å²) in [6.07, 6.45) is 3.85. The van der Waals surface area contributed by atoms with Gasteiger partial charge in [-0.05, 0) is 26.3 Å². The second kappa shape index (κ2) is 4.65. The average Bonchev–Trinajstić information content (AvgIpc) is 1.83. The average molecular weight is 114 g/mol. The Kier molecular flexibility index (Phi) is 4.36. The Morgan fingerprint density at radius 2 is 2.25 bits per heavy atom. The van der Waals surface area contributed by atoms with Crippen LogP contribution in [0.4, 0.5) is 0 Å². The maximum Gasteiger partial charge on any atom is 0.00376 e. The van der Waals surface area contributed by atoms with E-state index in [-0.39, 0.29) is 0 Å². The van der Waals surface area contributed by atoms with Crippen LogP contribution in [0.25, 0.3) is 0 Å². The van der Waals surface area contributed by atoms with Gasteiger partial charge in [0.2, 0.25) is 0 Å². The summed E-state index contributed by atoms with van der Waals surface area (Å²) in [4.78, 5) is 0. The molecule has 0 saturated carbocycles. The monoisotopic (exact) mass is 114 g/mol. The molecule has 0 aliphatic rings. The van der Waals surface area contributed by atoms with Crippen molar-refractivity contribution in [3.63, 3.8) is 0 Å². The van der Waals surface area contributed by atoms with Crippen molar-refractivity contribution in [2.24, 2.45) is 11.5 Å². The molecule has 0 spiro atoms. The highest BCUT2D eigenvalue weighted by Gasteiger charge is 1.84. The summed E-state index contributed by atoms with van der Waals surface area (Å²) in [6.45, 7) is 2.67. The number of hydrogen-bond acceptors (Lipinski definition) is 2. The van der Waals surface area contributed by atoms with E-state index in [2.05, 4.69) is 0 Å². The lowest BCUT2D eigenvalue weighted by atomic mass is 10.2. The van der Waals surface area contributed by atoms with E-state index in [4.69, 9.17) is 11.5 Å². The molecular formula is C6H14N2. The van der Waals surface area contributed by atoms with Gasteiger partial charge >= 0.3 is 0 Å². The Morgan fingerprint density at radius 3 is 2.62 bits per heavy atom. The molecule has 0 bridgehead atoms. The Labute approximate surface area is 50.6 Å². The van der Waals surface area contributed by atoms with E-state index in [0.717, 1.165) is 25.1 Å². The number of hydrogen-bond donors (Lipinski definition) is 2. The summed E-state index contributed by atoms with van der Waals surface area (Å²) >= 11 is 0. The van der Waals surface area contributed by atoms with Crippen LogP contribution < -0.4 is 11.5 Å². The van der Waals surface area contributed by atoms with Gasteiger partial charge in [0.1, 0.15) is 0 Å². The van der Waals surface area contributed by atoms with Crippen LogP contribution in [-0.2, 0) is 0 Å². The minimum absolute atomic E-state index is 0.731. The molecule has 0 atom stereocenters. The molecule has 0 aliphatic heterocycles. The lowest BCUT2D eigenvalue weighted by Gasteiger charge is -1.95. The number of rotatable bonds is 3. The van der Waals surface area contributed by atoms with Crippen molar-refractivity contribution in [1.82, 2.24) is 0 Å². The molecule has 4 N–H and O–H groups in total. The van der Waals surface area contributed by atoms with Crippen molar-refractivity contribution in [3.8, 4) is 0 Å². The van der Waals surface area contributed by atoms with Gasteiger partial charge in [0.15, 0.2) is 0 Å². The zero-order valence-corrected chi connectivity index (χ0v) is 5.35. The fourth-order valence-corrected chi connectivity index (χ4v) is 0.451. The third kappa shape index (κ3) is 3.68. The standard InChI is InChI=1S/C6H14N2/c1-2-6(8)4-3-5-7/h2H,3-5,7-8H2,1H3/b6-2+. The Balaban J connectivity index is 3.12. The molecule has 0 radical (unpaired) electrons. The second-order valence-electron chi connectivity index (χ2n) is 1.76. The van der Waals surface area contributed by atoms with Gasteiger partial charge in [-0.1, -0.05) is 6.08 Å². The smallest absolute Gasteiger partial charge is 0.00376 e. The minimum Gasteiger partial charge on any atom is -0.402 e. The van der Waals surface area contributed by atoms with Crippen LogP contribution in [0.2, 0.25) is 0 Å². The van der Waals surface area contributed by atoms with Crippen LogP contribution in [0.1, 0.15) is 19.8 Å². The summed E-state index contributed by atoms with van der Waals surface area (Å²) < 4.78 is 0. The van der Waals surface area contributed by atoms with Crippen LogP contribution in [-0.4, -0.2) is 6.54 Å². The Morgan fingerprint density at radius 1 is 1.62 bits per heavy atom. The zero-order valence-electron chi connectivity index (χ0n) is 5.35. The lowest BCUT2D eigenvalue weighted by Crippen LogP contribution is -2.02. The van der Waals surface area contributed by atoms with Crippen molar-refractivity contribution < 1.29 is 0 Å². The molecule has 0 unspecified atom stereocenters. The van der Waals surface area contributed by atoms with Crippen LogP contribution in [0.15, 0.2) is 11.8 Å². The van der Waals surface area contributed by atoms with Gasteiger partial charge in [-0.3, -0.25) is 0 Å². The van der Waals surface area contributed by atoms with Crippen LogP contribution >= 0.6 is 0 Å². The molecule has 2 nitrogen and oxygen atoms in total. The third-order valence-electron chi connectivity index (χ3n) is 1.04. The van der Waals surface area contributed by atoms with Gasteiger partial charge in [-0.15, -0.1) is 0 Å². The van der Waals surface area contributed by atoms with Crippen molar-refractivity contribution in [2.45, 2.75) is 19.8 Å². The normalized spacial score (nSPS) is 12.0. The lowest BCUT2D eigenvalue weighted by molar-refractivity contribution is 0.814. The second-order valence-corrected chi connectivity index (χ2v) is 1.76. The molecule has 0 aromatic carbocycles. The maximum absolute atomic E-state index is 5.46. The molecule has 0 saturated heterocycles. The van der Waals surface area contributed by atoms with Crippen molar-refractivity contribution in [3.05, 3.63) is 11.8 Å². The Bertz CT molecular complexity index is 76.6. The third-order valence-corrected chi connectivity index (χ3v) is 1.04. The predicted octanol–water partition coefficient (Wildman–Crippen LogP) is 0.588. The molecule has 0 heterocycles.